The lowest BCUT2D eigenvalue weighted by Crippen LogP contribution is -2.26. The normalized spacial score (nSPS) is 10.7. The highest BCUT2D eigenvalue weighted by atomic mass is 16.4. The molecule has 0 saturated heterocycles. The van der Waals surface area contributed by atoms with Crippen LogP contribution in [0.4, 0.5) is 5.69 Å². The summed E-state index contributed by atoms with van der Waals surface area (Å²) in [4.78, 5) is 27.3. The molecule has 0 amide bonds. The molecule has 2 aromatic rings. The molecular weight excluding hydrogens is 288 g/mol. The highest BCUT2D eigenvalue weighted by Crippen LogP contribution is 2.22. The molecule has 0 aliphatic heterocycles. The predicted octanol–water partition coefficient (Wildman–Crippen LogP) is 2.36. The Balaban J connectivity index is 2.06. The molecule has 0 bridgehead atoms. The molecule has 1 heterocycles. The van der Waals surface area contributed by atoms with Gasteiger partial charge in [0.1, 0.15) is 5.52 Å². The number of oxazole rings is 1. The summed E-state index contributed by atoms with van der Waals surface area (Å²) in [6.07, 6.45) is 2.53. The largest absolute Gasteiger partial charge is 0.481 e. The van der Waals surface area contributed by atoms with Gasteiger partial charge in [0.25, 0.3) is 0 Å². The number of anilines is 1. The van der Waals surface area contributed by atoms with Gasteiger partial charge in [0, 0.05) is 37.7 Å². The molecule has 1 aromatic carbocycles. The summed E-state index contributed by atoms with van der Waals surface area (Å²) < 4.78 is 5.27. The van der Waals surface area contributed by atoms with Crippen molar-refractivity contribution in [1.29, 1.82) is 0 Å². The minimum atomic E-state index is -0.837. The molecule has 0 atom stereocenters. The van der Waals surface area contributed by atoms with Crippen molar-refractivity contribution in [1.82, 2.24) is 4.98 Å². The summed E-state index contributed by atoms with van der Waals surface area (Å²) in [6.45, 7) is 1.09. The Morgan fingerprint density at radius 3 is 2.32 bits per heavy atom. The summed E-state index contributed by atoms with van der Waals surface area (Å²) >= 11 is 0. The monoisotopic (exact) mass is 306 g/mol. The smallest absolute Gasteiger partial charge is 0.303 e. The molecule has 0 aliphatic rings. The molecule has 118 valence electrons. The second-order valence-corrected chi connectivity index (χ2v) is 4.99. The maximum atomic E-state index is 10.6. The number of hydrogen-bond donors (Lipinski definition) is 2. The molecule has 0 aliphatic carbocycles. The van der Waals surface area contributed by atoms with Gasteiger partial charge in [-0.2, -0.15) is 0 Å². The molecule has 0 saturated carbocycles. The zero-order valence-electron chi connectivity index (χ0n) is 12.1. The van der Waals surface area contributed by atoms with E-state index in [0.29, 0.717) is 31.5 Å². The number of aromatic nitrogens is 1. The molecular formula is C15H18N2O5. The first-order valence-corrected chi connectivity index (χ1v) is 7.08. The van der Waals surface area contributed by atoms with Gasteiger partial charge in [-0.3, -0.25) is 9.59 Å². The van der Waals surface area contributed by atoms with Gasteiger partial charge in [-0.05, 0) is 25.0 Å². The van der Waals surface area contributed by atoms with Crippen molar-refractivity contribution < 1.29 is 24.2 Å². The second kappa shape index (κ2) is 7.44. The number of fused-ring (bicyclic) bond motifs is 1. The summed E-state index contributed by atoms with van der Waals surface area (Å²) in [7, 11) is 0. The van der Waals surface area contributed by atoms with E-state index in [9.17, 15) is 9.59 Å². The van der Waals surface area contributed by atoms with Gasteiger partial charge in [-0.25, -0.2) is 4.98 Å². The maximum Gasteiger partial charge on any atom is 0.303 e. The summed E-state index contributed by atoms with van der Waals surface area (Å²) in [5.74, 6) is -1.67. The van der Waals surface area contributed by atoms with Crippen molar-refractivity contribution in [3.05, 3.63) is 24.6 Å². The van der Waals surface area contributed by atoms with Crippen LogP contribution in [0, 0.1) is 0 Å². The fourth-order valence-corrected chi connectivity index (χ4v) is 2.25. The lowest BCUT2D eigenvalue weighted by Gasteiger charge is -2.24. The van der Waals surface area contributed by atoms with Crippen molar-refractivity contribution in [2.45, 2.75) is 25.7 Å². The van der Waals surface area contributed by atoms with Crippen LogP contribution < -0.4 is 4.90 Å². The molecule has 2 rings (SSSR count). The third kappa shape index (κ3) is 4.47. The number of aliphatic carboxylic acids is 2. The van der Waals surface area contributed by atoms with E-state index in [0.717, 1.165) is 11.2 Å². The molecule has 7 heteroatoms. The first-order chi connectivity index (χ1) is 10.6. The molecule has 0 unspecified atom stereocenters. The highest BCUT2D eigenvalue weighted by Gasteiger charge is 2.10. The maximum absolute atomic E-state index is 10.6. The lowest BCUT2D eigenvalue weighted by atomic mass is 10.2. The van der Waals surface area contributed by atoms with E-state index in [1.54, 1.807) is 0 Å². The Hall–Kier alpha value is -2.57. The number of carboxylic acids is 2. The zero-order valence-corrected chi connectivity index (χ0v) is 12.1. The topological polar surface area (TPSA) is 104 Å². The molecule has 7 nitrogen and oxygen atoms in total. The van der Waals surface area contributed by atoms with E-state index < -0.39 is 11.9 Å². The Morgan fingerprint density at radius 1 is 1.09 bits per heavy atom. The number of benzene rings is 1. The average molecular weight is 306 g/mol. The van der Waals surface area contributed by atoms with Crippen LogP contribution in [-0.2, 0) is 9.59 Å². The Bertz CT molecular complexity index is 632. The van der Waals surface area contributed by atoms with Gasteiger partial charge < -0.3 is 19.5 Å². The van der Waals surface area contributed by atoms with Crippen LogP contribution in [0.1, 0.15) is 25.7 Å². The zero-order chi connectivity index (χ0) is 15.9. The Morgan fingerprint density at radius 2 is 1.73 bits per heavy atom. The van der Waals surface area contributed by atoms with E-state index in [4.69, 9.17) is 14.6 Å². The van der Waals surface area contributed by atoms with Crippen molar-refractivity contribution >= 4 is 28.7 Å². The number of hydrogen-bond acceptors (Lipinski definition) is 5. The van der Waals surface area contributed by atoms with Crippen molar-refractivity contribution in [2.24, 2.45) is 0 Å². The van der Waals surface area contributed by atoms with E-state index in [-0.39, 0.29) is 12.8 Å². The SMILES string of the molecule is O=C(O)CCCN(CCCC(=O)O)c1ccc2ncoc2c1. The number of rotatable bonds is 9. The van der Waals surface area contributed by atoms with Crippen LogP contribution in [0.25, 0.3) is 11.1 Å². The first-order valence-electron chi connectivity index (χ1n) is 7.08. The Kier molecular flexibility index (Phi) is 5.35. The van der Waals surface area contributed by atoms with E-state index >= 15 is 0 Å². The first kappa shape index (κ1) is 15.8. The average Bonchev–Trinajstić information content (AvgIpc) is 2.92. The van der Waals surface area contributed by atoms with Crippen molar-refractivity contribution in [3.8, 4) is 0 Å². The molecule has 1 aromatic heterocycles. The van der Waals surface area contributed by atoms with Gasteiger partial charge in [0.2, 0.25) is 0 Å². The van der Waals surface area contributed by atoms with Crippen molar-refractivity contribution in [2.75, 3.05) is 18.0 Å². The van der Waals surface area contributed by atoms with Gasteiger partial charge >= 0.3 is 11.9 Å². The van der Waals surface area contributed by atoms with Crippen LogP contribution in [0.5, 0.6) is 0 Å². The van der Waals surface area contributed by atoms with Crippen LogP contribution in [0.3, 0.4) is 0 Å². The van der Waals surface area contributed by atoms with E-state index in [2.05, 4.69) is 4.98 Å². The van der Waals surface area contributed by atoms with Crippen LogP contribution in [0.15, 0.2) is 29.0 Å². The third-order valence-corrected chi connectivity index (χ3v) is 3.32. The van der Waals surface area contributed by atoms with Gasteiger partial charge in [-0.15, -0.1) is 0 Å². The fraction of sp³-hybridized carbons (Fsp3) is 0.400. The quantitative estimate of drug-likeness (QED) is 0.732. The van der Waals surface area contributed by atoms with Crippen LogP contribution in [0.2, 0.25) is 0 Å². The minimum Gasteiger partial charge on any atom is -0.481 e. The summed E-state index contributed by atoms with van der Waals surface area (Å²) in [5, 5.41) is 17.5. The number of nitrogens with zero attached hydrogens (tertiary/aromatic N) is 2. The molecule has 2 N–H and O–H groups in total. The Labute approximate surface area is 127 Å². The van der Waals surface area contributed by atoms with Gasteiger partial charge in [0.15, 0.2) is 12.0 Å². The fourth-order valence-electron chi connectivity index (χ4n) is 2.25. The van der Waals surface area contributed by atoms with Crippen molar-refractivity contribution in [3.63, 3.8) is 0 Å². The third-order valence-electron chi connectivity index (χ3n) is 3.32. The molecule has 0 fully saturated rings. The van der Waals surface area contributed by atoms with Crippen LogP contribution in [-0.4, -0.2) is 40.2 Å². The van der Waals surface area contributed by atoms with Gasteiger partial charge in [-0.1, -0.05) is 0 Å². The minimum absolute atomic E-state index is 0.0833. The number of carboxylic acid groups (broad SMARTS) is 2. The predicted molar refractivity (Wildman–Crippen MR) is 80.0 cm³/mol. The lowest BCUT2D eigenvalue weighted by molar-refractivity contribution is -0.138. The highest BCUT2D eigenvalue weighted by molar-refractivity contribution is 5.77. The molecule has 22 heavy (non-hydrogen) atoms. The van der Waals surface area contributed by atoms with E-state index in [1.165, 1.54) is 6.39 Å². The summed E-state index contributed by atoms with van der Waals surface area (Å²) in [6, 6.07) is 5.55. The van der Waals surface area contributed by atoms with E-state index in [1.807, 2.05) is 23.1 Å². The van der Waals surface area contributed by atoms with Gasteiger partial charge in [0.05, 0.1) is 0 Å². The molecule has 0 spiro atoms. The second-order valence-electron chi connectivity index (χ2n) is 4.99. The standard InChI is InChI=1S/C15H18N2O5/c18-14(19)3-1-7-17(8-2-4-15(20)21)11-5-6-12-13(9-11)22-10-16-12/h5-6,9-10H,1-4,7-8H2,(H,18,19)(H,20,21). The summed E-state index contributed by atoms with van der Waals surface area (Å²) in [5.41, 5.74) is 2.28. The van der Waals surface area contributed by atoms with Crippen LogP contribution >= 0.6 is 0 Å². The number of carbonyl (C=O) groups is 2. The molecule has 0 radical (unpaired) electrons.